The maximum absolute atomic E-state index is 15.5. The summed E-state index contributed by atoms with van der Waals surface area (Å²) in [4.78, 5) is 46.7. The summed E-state index contributed by atoms with van der Waals surface area (Å²) < 4.78 is 35.0. The third-order valence-corrected chi connectivity index (χ3v) is 14.6. The number of aliphatic carboxylic acids is 1. The average Bonchev–Trinajstić information content (AvgIpc) is 3.69. The number of carboxylic acids is 1. The summed E-state index contributed by atoms with van der Waals surface area (Å²) in [7, 11) is 1.86. The Morgan fingerprint density at radius 3 is 2.39 bits per heavy atom. The molecule has 2 unspecified atom stereocenters. The molecule has 4 aliphatic rings. The van der Waals surface area contributed by atoms with Gasteiger partial charge in [-0.3, -0.25) is 28.3 Å². The van der Waals surface area contributed by atoms with Crippen LogP contribution in [0.3, 0.4) is 0 Å². The summed E-state index contributed by atoms with van der Waals surface area (Å²) >= 11 is 0. The van der Waals surface area contributed by atoms with Crippen LogP contribution in [0, 0.1) is 31.0 Å². The second-order valence-electron chi connectivity index (χ2n) is 18.7. The smallest absolute Gasteiger partial charge is 0.338 e. The Kier molecular flexibility index (Phi) is 10.6. The van der Waals surface area contributed by atoms with Crippen molar-refractivity contribution >= 4 is 39.4 Å². The van der Waals surface area contributed by atoms with Gasteiger partial charge in [-0.2, -0.15) is 10.2 Å². The van der Waals surface area contributed by atoms with Crippen LogP contribution in [0.1, 0.15) is 70.0 Å². The number of amides is 1. The second kappa shape index (κ2) is 16.6. The number of imidazole rings is 1. The molecule has 4 aromatic heterocycles. The van der Waals surface area contributed by atoms with Crippen LogP contribution < -0.4 is 5.69 Å². The van der Waals surface area contributed by atoms with Gasteiger partial charge in [0.2, 0.25) is 0 Å². The molecule has 3 aromatic carbocycles. The molecule has 3 fully saturated rings. The molecule has 2 saturated heterocycles. The monoisotopic (exact) mass is 908 g/mol. The minimum Gasteiger partial charge on any atom is -0.481 e. The number of aromatic nitrogens is 7. The Labute approximate surface area is 385 Å². The highest BCUT2D eigenvalue weighted by atomic mass is 19.1. The number of hydrogen-bond donors (Lipinski definition) is 2. The SMILES string of the molecule is Cc1cc(-n2nc3c(c2-n2ccn(-c4ccc5c(cnn5C)c4)c2=O)CN(C(=O)c2cc4cc(C5CCOCC5)ccc4n2C2(C(=N)CC(=O)O)CC2CN2CCOCC2)CC3)cc(C)c1F. The molecule has 0 bridgehead atoms. The Balaban J connectivity index is 1.03. The van der Waals surface area contributed by atoms with Gasteiger partial charge in [0, 0.05) is 98.7 Å². The summed E-state index contributed by atoms with van der Waals surface area (Å²) in [5.41, 5.74) is 5.41. The van der Waals surface area contributed by atoms with Crippen molar-refractivity contribution in [1.82, 2.24) is 43.1 Å². The van der Waals surface area contributed by atoms with E-state index in [0.717, 1.165) is 53.3 Å². The van der Waals surface area contributed by atoms with Gasteiger partial charge in [-0.15, -0.1) is 0 Å². The van der Waals surface area contributed by atoms with Crippen molar-refractivity contribution in [3.8, 4) is 17.2 Å². The van der Waals surface area contributed by atoms with Gasteiger partial charge in [0.1, 0.15) is 17.3 Å². The van der Waals surface area contributed by atoms with Crippen LogP contribution in [0.2, 0.25) is 0 Å². The molecule has 1 aliphatic carbocycles. The summed E-state index contributed by atoms with van der Waals surface area (Å²) in [5, 5.41) is 30.8. The molecule has 2 atom stereocenters. The van der Waals surface area contributed by atoms with E-state index >= 15 is 9.18 Å². The summed E-state index contributed by atoms with van der Waals surface area (Å²) in [6.45, 7) is 8.50. The molecule has 0 radical (unpaired) electrons. The van der Waals surface area contributed by atoms with Gasteiger partial charge in [-0.25, -0.2) is 13.9 Å². The predicted octanol–water partition coefficient (Wildman–Crippen LogP) is 6.05. The first kappa shape index (κ1) is 42.9. The van der Waals surface area contributed by atoms with Gasteiger partial charge in [0.25, 0.3) is 5.91 Å². The molecule has 346 valence electrons. The van der Waals surface area contributed by atoms with E-state index in [1.54, 1.807) is 68.0 Å². The van der Waals surface area contributed by atoms with Crippen LogP contribution in [0.15, 0.2) is 78.0 Å². The number of fused-ring (bicyclic) bond motifs is 3. The molecule has 0 spiro atoms. The maximum Gasteiger partial charge on any atom is 0.338 e. The molecule has 1 amide bonds. The fourth-order valence-electron chi connectivity index (χ4n) is 11.0. The number of morpholine rings is 1. The summed E-state index contributed by atoms with van der Waals surface area (Å²) in [6, 6.07) is 17.4. The van der Waals surface area contributed by atoms with Crippen molar-refractivity contribution in [1.29, 1.82) is 5.41 Å². The van der Waals surface area contributed by atoms with Crippen LogP contribution in [0.4, 0.5) is 4.39 Å². The van der Waals surface area contributed by atoms with E-state index in [2.05, 4.69) is 22.1 Å². The molecule has 67 heavy (non-hydrogen) atoms. The van der Waals surface area contributed by atoms with Crippen molar-refractivity contribution in [3.05, 3.63) is 123 Å². The minimum atomic E-state index is -1.09. The van der Waals surface area contributed by atoms with E-state index in [-0.39, 0.29) is 35.6 Å². The molecule has 17 heteroatoms. The number of rotatable bonds is 11. The molecule has 16 nitrogen and oxygen atoms in total. The maximum atomic E-state index is 15.5. The first-order valence-electron chi connectivity index (χ1n) is 23.1. The first-order chi connectivity index (χ1) is 32.4. The van der Waals surface area contributed by atoms with Crippen LogP contribution in [0.5, 0.6) is 0 Å². The van der Waals surface area contributed by atoms with Crippen LogP contribution in [0.25, 0.3) is 39.0 Å². The number of halogens is 1. The van der Waals surface area contributed by atoms with E-state index < -0.39 is 17.9 Å². The predicted molar refractivity (Wildman–Crippen MR) is 249 cm³/mol. The fourth-order valence-corrected chi connectivity index (χ4v) is 11.0. The average molecular weight is 909 g/mol. The fraction of sp³-hybridized carbons (Fsp3) is 0.400. The van der Waals surface area contributed by atoms with E-state index in [9.17, 15) is 20.1 Å². The van der Waals surface area contributed by atoms with Gasteiger partial charge < -0.3 is 29.5 Å². The highest BCUT2D eigenvalue weighted by Gasteiger charge is 2.61. The standard InChI is InChI=1S/C50H53FN10O6/c1-30-20-38(21-31(2)46(30)51)61-47(59-13-12-58(49(59)65)37-5-7-41-35(23-37)27-53-55(41)3)39-29-57(11-8-40(39)54-61)48(64)43-24-34-22-33(32-9-16-66-17-10-32)4-6-42(34)60(43)50(44(52)25-45(62)63)26-36(50)28-56-14-18-67-19-15-56/h4-7,12-13,20-24,27,32,36,52H,8-11,14-19,25-26,28-29H2,1-3H3,(H,62,63). The highest BCUT2D eigenvalue weighted by molar-refractivity contribution is 6.06. The third kappa shape index (κ3) is 7.30. The molecule has 2 N–H and O–H groups in total. The van der Waals surface area contributed by atoms with E-state index in [1.807, 2.05) is 41.9 Å². The minimum absolute atomic E-state index is 0.0688. The zero-order valence-electron chi connectivity index (χ0n) is 37.9. The number of carbonyl (C=O) groups is 2. The van der Waals surface area contributed by atoms with Crippen LogP contribution >= 0.6 is 0 Å². The summed E-state index contributed by atoms with van der Waals surface area (Å²) in [5.74, 6) is -1.04. The van der Waals surface area contributed by atoms with E-state index in [4.69, 9.17) is 14.6 Å². The van der Waals surface area contributed by atoms with Crippen molar-refractivity contribution in [3.63, 3.8) is 0 Å². The van der Waals surface area contributed by atoms with Crippen molar-refractivity contribution in [2.45, 2.75) is 64.0 Å². The van der Waals surface area contributed by atoms with Crippen LogP contribution in [-0.4, -0.2) is 118 Å². The first-order valence-corrected chi connectivity index (χ1v) is 23.1. The largest absolute Gasteiger partial charge is 0.481 e. The normalized spacial score (nSPS) is 20.2. The Hall–Kier alpha value is -6.69. The molecule has 3 aliphatic heterocycles. The third-order valence-electron chi connectivity index (χ3n) is 14.6. The number of nitrogens with one attached hydrogen (secondary N) is 1. The van der Waals surface area contributed by atoms with Gasteiger partial charge in [-0.05, 0) is 104 Å². The highest BCUT2D eigenvalue weighted by Crippen LogP contribution is 2.55. The zero-order chi connectivity index (χ0) is 46.3. The van der Waals surface area contributed by atoms with Gasteiger partial charge in [0.15, 0.2) is 0 Å². The second-order valence-corrected chi connectivity index (χ2v) is 18.7. The lowest BCUT2D eigenvalue weighted by atomic mass is 9.91. The lowest BCUT2D eigenvalue weighted by Gasteiger charge is -2.31. The van der Waals surface area contributed by atoms with Crippen LogP contribution in [-0.2, 0) is 39.8 Å². The number of hydrogen-bond acceptors (Lipinski definition) is 9. The Morgan fingerprint density at radius 2 is 1.63 bits per heavy atom. The van der Waals surface area contributed by atoms with Gasteiger partial charge >= 0.3 is 11.7 Å². The van der Waals surface area contributed by atoms with Crippen molar-refractivity contribution < 1.29 is 28.6 Å². The van der Waals surface area contributed by atoms with E-state index in [0.29, 0.717) is 104 Å². The summed E-state index contributed by atoms with van der Waals surface area (Å²) in [6.07, 6.45) is 7.39. The Bertz CT molecular complexity index is 3180. The number of ether oxygens (including phenoxy) is 2. The van der Waals surface area contributed by atoms with Gasteiger partial charge in [-0.1, -0.05) is 6.07 Å². The van der Waals surface area contributed by atoms with Crippen molar-refractivity contribution in [2.75, 3.05) is 52.6 Å². The molecule has 7 heterocycles. The van der Waals surface area contributed by atoms with E-state index in [1.165, 1.54) is 0 Å². The molecular formula is C50H53FN10O6. The quantitative estimate of drug-likeness (QED) is 0.147. The molecule has 1 saturated carbocycles. The number of benzene rings is 3. The zero-order valence-corrected chi connectivity index (χ0v) is 37.9. The number of nitrogens with zero attached hydrogens (tertiary/aromatic N) is 9. The topological polar surface area (TPSA) is 171 Å². The molecular weight excluding hydrogens is 856 g/mol. The molecule has 11 rings (SSSR count). The van der Waals surface area contributed by atoms with Gasteiger partial charge in [0.05, 0.1) is 60.5 Å². The molecule has 7 aromatic rings. The number of aryl methyl sites for hydroxylation is 3. The number of carbonyl (C=O) groups excluding carboxylic acids is 1. The lowest BCUT2D eigenvalue weighted by Crippen LogP contribution is -2.42. The number of carboxylic acid groups (broad SMARTS) is 1. The van der Waals surface area contributed by atoms with Crippen molar-refractivity contribution in [2.24, 2.45) is 13.0 Å². The Morgan fingerprint density at radius 1 is 0.896 bits per heavy atom. The lowest BCUT2D eigenvalue weighted by molar-refractivity contribution is -0.135.